The zero-order chi connectivity index (χ0) is 13.3. The van der Waals surface area contributed by atoms with Crippen molar-refractivity contribution in [1.29, 1.82) is 0 Å². The van der Waals surface area contributed by atoms with Gasteiger partial charge in [-0.25, -0.2) is 13.1 Å². The predicted octanol–water partition coefficient (Wildman–Crippen LogP) is 3.57. The first-order valence-corrected chi connectivity index (χ1v) is 8.57. The normalized spacial score (nSPS) is 23.1. The van der Waals surface area contributed by atoms with E-state index in [1.54, 1.807) is 18.2 Å². The van der Waals surface area contributed by atoms with Crippen LogP contribution >= 0.6 is 27.5 Å². The van der Waals surface area contributed by atoms with Gasteiger partial charge in [-0.2, -0.15) is 0 Å². The van der Waals surface area contributed by atoms with Crippen LogP contribution in [0.4, 0.5) is 0 Å². The fraction of sp³-hybridized carbons (Fsp3) is 0.500. The average molecular weight is 353 g/mol. The third-order valence-corrected chi connectivity index (χ3v) is 6.02. The Labute approximate surface area is 121 Å². The fourth-order valence-electron chi connectivity index (χ4n) is 2.08. The van der Waals surface area contributed by atoms with E-state index in [2.05, 4.69) is 27.6 Å². The van der Waals surface area contributed by atoms with Gasteiger partial charge in [-0.15, -0.1) is 0 Å². The van der Waals surface area contributed by atoms with E-state index in [1.165, 1.54) is 0 Å². The third-order valence-electron chi connectivity index (χ3n) is 3.08. The molecule has 1 fully saturated rings. The summed E-state index contributed by atoms with van der Waals surface area (Å²) in [6.45, 7) is 2.11. The van der Waals surface area contributed by atoms with Gasteiger partial charge in [0, 0.05) is 10.5 Å². The summed E-state index contributed by atoms with van der Waals surface area (Å²) in [5.41, 5.74) is 0. The molecule has 3 nitrogen and oxygen atoms in total. The molecule has 0 amide bonds. The zero-order valence-corrected chi connectivity index (χ0v) is 13.1. The molecule has 0 spiro atoms. The summed E-state index contributed by atoms with van der Waals surface area (Å²) >= 11 is 9.20. The highest BCUT2D eigenvalue weighted by atomic mass is 79.9. The number of nitrogens with one attached hydrogen (secondary N) is 1. The zero-order valence-electron chi connectivity index (χ0n) is 9.99. The number of hydrogen-bond acceptors (Lipinski definition) is 2. The molecule has 0 aromatic heterocycles. The molecule has 2 rings (SSSR count). The molecule has 1 saturated carbocycles. The van der Waals surface area contributed by atoms with Crippen molar-refractivity contribution in [3.8, 4) is 0 Å². The second kappa shape index (κ2) is 5.49. The summed E-state index contributed by atoms with van der Waals surface area (Å²) in [5.74, 6) is 0.478. The molecule has 0 aliphatic heterocycles. The number of hydrogen-bond donors (Lipinski definition) is 1. The molecule has 0 bridgehead atoms. The minimum atomic E-state index is -3.54. The molecular formula is C12H15BrClNO2S. The van der Waals surface area contributed by atoms with E-state index in [4.69, 9.17) is 11.6 Å². The van der Waals surface area contributed by atoms with Crippen molar-refractivity contribution in [2.24, 2.45) is 5.92 Å². The van der Waals surface area contributed by atoms with Gasteiger partial charge < -0.3 is 0 Å². The summed E-state index contributed by atoms with van der Waals surface area (Å²) in [6, 6.07) is 5.04. The van der Waals surface area contributed by atoms with Crippen LogP contribution in [0, 0.1) is 5.92 Å². The fourth-order valence-corrected chi connectivity index (χ4v) is 5.13. The Morgan fingerprint density at radius 1 is 1.50 bits per heavy atom. The molecule has 6 heteroatoms. The maximum Gasteiger partial charge on any atom is 0.243 e. The van der Waals surface area contributed by atoms with E-state index in [-0.39, 0.29) is 16.0 Å². The summed E-state index contributed by atoms with van der Waals surface area (Å²) in [5, 5.41) is 0.240. The van der Waals surface area contributed by atoms with Crippen LogP contribution in [-0.2, 0) is 10.0 Å². The summed E-state index contributed by atoms with van der Waals surface area (Å²) in [6.07, 6.45) is 3.07. The monoisotopic (exact) mass is 351 g/mol. The molecule has 100 valence electrons. The number of rotatable bonds is 5. The molecule has 0 heterocycles. The van der Waals surface area contributed by atoms with E-state index in [0.717, 1.165) is 19.3 Å². The Balaban J connectivity index is 2.17. The lowest BCUT2D eigenvalue weighted by atomic mass is 10.2. The van der Waals surface area contributed by atoms with E-state index in [0.29, 0.717) is 10.4 Å². The summed E-state index contributed by atoms with van der Waals surface area (Å²) in [4.78, 5) is 0.133. The van der Waals surface area contributed by atoms with Crippen molar-refractivity contribution in [3.63, 3.8) is 0 Å². The average Bonchev–Trinajstić information content (AvgIpc) is 2.95. The molecule has 2 atom stereocenters. The Morgan fingerprint density at radius 2 is 2.22 bits per heavy atom. The van der Waals surface area contributed by atoms with Gasteiger partial charge >= 0.3 is 0 Å². The van der Waals surface area contributed by atoms with Crippen molar-refractivity contribution >= 4 is 37.6 Å². The predicted molar refractivity (Wildman–Crippen MR) is 76.3 cm³/mol. The van der Waals surface area contributed by atoms with Crippen LogP contribution in [0.3, 0.4) is 0 Å². The van der Waals surface area contributed by atoms with Gasteiger partial charge in [-0.05, 0) is 46.8 Å². The molecule has 18 heavy (non-hydrogen) atoms. The van der Waals surface area contributed by atoms with Gasteiger partial charge in [0.2, 0.25) is 10.0 Å². The first kappa shape index (κ1) is 14.3. The van der Waals surface area contributed by atoms with Crippen molar-refractivity contribution < 1.29 is 8.42 Å². The quantitative estimate of drug-likeness (QED) is 0.880. The van der Waals surface area contributed by atoms with E-state index >= 15 is 0 Å². The Morgan fingerprint density at radius 3 is 2.83 bits per heavy atom. The molecule has 1 aromatic rings. The highest BCUT2D eigenvalue weighted by Gasteiger charge is 2.40. The van der Waals surface area contributed by atoms with Gasteiger partial charge in [-0.3, -0.25) is 0 Å². The summed E-state index contributed by atoms with van der Waals surface area (Å²) < 4.78 is 27.7. The first-order chi connectivity index (χ1) is 8.45. The lowest BCUT2D eigenvalue weighted by molar-refractivity contribution is 0.572. The van der Waals surface area contributed by atoms with Gasteiger partial charge in [0.15, 0.2) is 0 Å². The van der Waals surface area contributed by atoms with E-state index in [9.17, 15) is 8.42 Å². The molecule has 1 aromatic carbocycles. The summed E-state index contributed by atoms with van der Waals surface area (Å²) in [7, 11) is -3.54. The standard InChI is InChI=1S/C12H15BrClNO2S/c1-2-4-8-7-11(8)15-18(16,17)12-9(13)5-3-6-10(12)14/h3,5-6,8,11,15H,2,4,7H2,1H3. The smallest absolute Gasteiger partial charge is 0.208 e. The molecule has 0 radical (unpaired) electrons. The lowest BCUT2D eigenvalue weighted by Gasteiger charge is -2.09. The lowest BCUT2D eigenvalue weighted by Crippen LogP contribution is -2.27. The largest absolute Gasteiger partial charge is 0.243 e. The van der Waals surface area contributed by atoms with Crippen LogP contribution in [0.25, 0.3) is 0 Å². The molecule has 1 aliphatic rings. The van der Waals surface area contributed by atoms with Crippen LogP contribution in [0.1, 0.15) is 26.2 Å². The van der Waals surface area contributed by atoms with E-state index < -0.39 is 10.0 Å². The Bertz CT molecular complexity index is 527. The van der Waals surface area contributed by atoms with Crippen molar-refractivity contribution in [2.75, 3.05) is 0 Å². The second-order valence-corrected chi connectivity index (χ2v) is 7.48. The Kier molecular flexibility index (Phi) is 4.36. The van der Waals surface area contributed by atoms with Crippen LogP contribution in [0.15, 0.2) is 27.6 Å². The minimum Gasteiger partial charge on any atom is -0.208 e. The van der Waals surface area contributed by atoms with Crippen LogP contribution in [0.5, 0.6) is 0 Å². The van der Waals surface area contributed by atoms with Crippen molar-refractivity contribution in [2.45, 2.75) is 37.1 Å². The third kappa shape index (κ3) is 3.07. The second-order valence-electron chi connectivity index (χ2n) is 4.56. The Hall–Kier alpha value is -0.100. The highest BCUT2D eigenvalue weighted by molar-refractivity contribution is 9.10. The van der Waals surface area contributed by atoms with E-state index in [1.807, 2.05) is 0 Å². The topological polar surface area (TPSA) is 46.2 Å². The maximum absolute atomic E-state index is 12.2. The molecule has 0 saturated heterocycles. The highest BCUT2D eigenvalue weighted by Crippen LogP contribution is 2.37. The van der Waals surface area contributed by atoms with Gasteiger partial charge in [0.1, 0.15) is 4.90 Å². The minimum absolute atomic E-state index is 0.0677. The number of sulfonamides is 1. The van der Waals surface area contributed by atoms with Crippen LogP contribution in [0.2, 0.25) is 5.02 Å². The number of halogens is 2. The first-order valence-electron chi connectivity index (χ1n) is 5.92. The molecular weight excluding hydrogens is 338 g/mol. The van der Waals surface area contributed by atoms with Gasteiger partial charge in [0.25, 0.3) is 0 Å². The number of benzene rings is 1. The van der Waals surface area contributed by atoms with Gasteiger partial charge in [-0.1, -0.05) is 31.0 Å². The SMILES string of the molecule is CCCC1CC1NS(=O)(=O)c1c(Cl)cccc1Br. The van der Waals surface area contributed by atoms with Crippen LogP contribution < -0.4 is 4.72 Å². The molecule has 1 aliphatic carbocycles. The van der Waals surface area contributed by atoms with Crippen LogP contribution in [-0.4, -0.2) is 14.5 Å². The van der Waals surface area contributed by atoms with Crippen molar-refractivity contribution in [3.05, 3.63) is 27.7 Å². The van der Waals surface area contributed by atoms with Crippen molar-refractivity contribution in [1.82, 2.24) is 4.72 Å². The maximum atomic E-state index is 12.2. The van der Waals surface area contributed by atoms with Gasteiger partial charge in [0.05, 0.1) is 5.02 Å². The molecule has 2 unspecified atom stereocenters. The molecule has 1 N–H and O–H groups in total.